The van der Waals surface area contributed by atoms with E-state index in [1.807, 2.05) is 37.3 Å². The summed E-state index contributed by atoms with van der Waals surface area (Å²) in [5.41, 5.74) is 0.972. The van der Waals surface area contributed by atoms with Crippen molar-refractivity contribution in [2.75, 3.05) is 6.61 Å². The zero-order valence-electron chi connectivity index (χ0n) is 9.72. The first kappa shape index (κ1) is 12.7. The molecule has 0 aliphatic heterocycles. The van der Waals surface area contributed by atoms with Gasteiger partial charge in [-0.05, 0) is 11.5 Å². The highest BCUT2D eigenvalue weighted by Gasteiger charge is 2.20. The van der Waals surface area contributed by atoms with Gasteiger partial charge in [0.25, 0.3) is 0 Å². The molecule has 0 aromatic heterocycles. The first-order valence-electron chi connectivity index (χ1n) is 5.46. The zero-order chi connectivity index (χ0) is 12.0. The van der Waals surface area contributed by atoms with Crippen LogP contribution in [0.4, 0.5) is 0 Å². The summed E-state index contributed by atoms with van der Waals surface area (Å²) in [5.74, 6) is -0.595. The molecule has 0 saturated heterocycles. The molecule has 0 spiro atoms. The van der Waals surface area contributed by atoms with Crippen LogP contribution in [0.3, 0.4) is 0 Å². The number of aliphatic hydroxyl groups excluding tert-OH is 1. The van der Waals surface area contributed by atoms with E-state index >= 15 is 0 Å². The number of benzene rings is 1. The number of hydrogen-bond donors (Lipinski definition) is 1. The molecule has 0 heterocycles. The predicted octanol–water partition coefficient (Wildman–Crippen LogP) is 1.99. The highest BCUT2D eigenvalue weighted by atomic mass is 16.5. The summed E-state index contributed by atoms with van der Waals surface area (Å²) in [6.45, 7) is 3.90. The Hall–Kier alpha value is -1.35. The molecule has 0 aliphatic carbocycles. The molecule has 1 aromatic rings. The fourth-order valence-corrected chi connectivity index (χ4v) is 1.25. The number of hydrogen-bond acceptors (Lipinski definition) is 3. The molecule has 1 aromatic carbocycles. The zero-order valence-corrected chi connectivity index (χ0v) is 9.72. The molecule has 0 saturated carbocycles. The van der Waals surface area contributed by atoms with Crippen molar-refractivity contribution >= 4 is 5.97 Å². The van der Waals surface area contributed by atoms with Gasteiger partial charge >= 0.3 is 5.97 Å². The Bertz CT molecular complexity index is 321. The van der Waals surface area contributed by atoms with Crippen molar-refractivity contribution in [3.63, 3.8) is 0 Å². The summed E-state index contributed by atoms with van der Waals surface area (Å²) in [6, 6.07) is 9.55. The number of carbonyl (C=O) groups is 1. The Morgan fingerprint density at radius 2 is 1.94 bits per heavy atom. The third-order valence-corrected chi connectivity index (χ3v) is 2.74. The molecule has 0 radical (unpaired) electrons. The van der Waals surface area contributed by atoms with Gasteiger partial charge in [0.1, 0.15) is 6.61 Å². The second-order valence-electron chi connectivity index (χ2n) is 4.04. The maximum absolute atomic E-state index is 11.6. The van der Waals surface area contributed by atoms with Crippen LogP contribution in [0.15, 0.2) is 30.3 Å². The van der Waals surface area contributed by atoms with Gasteiger partial charge in [-0.1, -0.05) is 44.2 Å². The lowest BCUT2D eigenvalue weighted by molar-refractivity contribution is -0.151. The molecule has 88 valence electrons. The maximum atomic E-state index is 11.6. The van der Waals surface area contributed by atoms with Gasteiger partial charge in [-0.15, -0.1) is 0 Å². The summed E-state index contributed by atoms with van der Waals surface area (Å²) in [6.07, 6.45) is 0. The Morgan fingerprint density at radius 3 is 2.50 bits per heavy atom. The van der Waals surface area contributed by atoms with Crippen LogP contribution in [-0.4, -0.2) is 17.7 Å². The van der Waals surface area contributed by atoms with Gasteiger partial charge in [0.2, 0.25) is 0 Å². The van der Waals surface area contributed by atoms with Crippen LogP contribution in [-0.2, 0) is 16.1 Å². The van der Waals surface area contributed by atoms with Crippen LogP contribution in [0, 0.1) is 11.8 Å². The van der Waals surface area contributed by atoms with Crippen molar-refractivity contribution in [1.82, 2.24) is 0 Å². The number of aliphatic hydroxyl groups is 1. The standard InChI is InChI=1S/C13H18O3/c1-10(8-14)11(2)13(15)16-9-12-6-4-3-5-7-12/h3-7,10-11,14H,8-9H2,1-2H3/t10-,11+/m1/s1. The molecule has 0 bridgehead atoms. The largest absolute Gasteiger partial charge is 0.461 e. The van der Waals surface area contributed by atoms with Gasteiger partial charge in [-0.3, -0.25) is 4.79 Å². The van der Waals surface area contributed by atoms with Gasteiger partial charge in [-0.25, -0.2) is 0 Å². The SMILES string of the molecule is C[C@H](CO)[C@H](C)C(=O)OCc1ccccc1. The van der Waals surface area contributed by atoms with Gasteiger partial charge in [0, 0.05) is 6.61 Å². The molecule has 0 fully saturated rings. The van der Waals surface area contributed by atoms with Crippen molar-refractivity contribution in [2.24, 2.45) is 11.8 Å². The van der Waals surface area contributed by atoms with E-state index in [2.05, 4.69) is 0 Å². The monoisotopic (exact) mass is 222 g/mol. The summed E-state index contributed by atoms with van der Waals surface area (Å²) in [7, 11) is 0. The smallest absolute Gasteiger partial charge is 0.309 e. The summed E-state index contributed by atoms with van der Waals surface area (Å²) in [4.78, 5) is 11.6. The normalized spacial score (nSPS) is 14.2. The molecular formula is C13H18O3. The van der Waals surface area contributed by atoms with Gasteiger partial charge in [0.15, 0.2) is 0 Å². The van der Waals surface area contributed by atoms with Crippen molar-refractivity contribution in [3.05, 3.63) is 35.9 Å². The van der Waals surface area contributed by atoms with E-state index < -0.39 is 0 Å². The van der Waals surface area contributed by atoms with E-state index in [9.17, 15) is 4.79 Å². The first-order chi connectivity index (χ1) is 7.65. The predicted molar refractivity (Wildman–Crippen MR) is 61.7 cm³/mol. The van der Waals surface area contributed by atoms with Gasteiger partial charge in [0.05, 0.1) is 5.92 Å². The van der Waals surface area contributed by atoms with Crippen LogP contribution in [0.2, 0.25) is 0 Å². The molecule has 1 rings (SSSR count). The maximum Gasteiger partial charge on any atom is 0.309 e. The fourth-order valence-electron chi connectivity index (χ4n) is 1.25. The van der Waals surface area contributed by atoms with Gasteiger partial charge < -0.3 is 9.84 Å². The molecule has 3 heteroatoms. The summed E-state index contributed by atoms with van der Waals surface area (Å²) >= 11 is 0. The Kier molecular flexibility index (Phi) is 4.99. The minimum absolute atomic E-state index is 0.00159. The van der Waals surface area contributed by atoms with E-state index in [1.165, 1.54) is 0 Å². The second-order valence-corrected chi connectivity index (χ2v) is 4.04. The Labute approximate surface area is 96.1 Å². The summed E-state index contributed by atoms with van der Waals surface area (Å²) < 4.78 is 5.16. The first-order valence-corrected chi connectivity index (χ1v) is 5.46. The van der Waals surface area contributed by atoms with Crippen molar-refractivity contribution in [3.8, 4) is 0 Å². The van der Waals surface area contributed by atoms with Crippen LogP contribution < -0.4 is 0 Å². The fraction of sp³-hybridized carbons (Fsp3) is 0.462. The van der Waals surface area contributed by atoms with Crippen molar-refractivity contribution in [1.29, 1.82) is 0 Å². The quantitative estimate of drug-likeness (QED) is 0.775. The summed E-state index contributed by atoms with van der Waals surface area (Å²) in [5, 5.41) is 8.93. The molecule has 0 amide bonds. The van der Waals surface area contributed by atoms with Crippen LogP contribution in [0.5, 0.6) is 0 Å². The molecule has 0 unspecified atom stereocenters. The van der Waals surface area contributed by atoms with Crippen molar-refractivity contribution in [2.45, 2.75) is 20.5 Å². The van der Waals surface area contributed by atoms with Gasteiger partial charge in [-0.2, -0.15) is 0 Å². The lowest BCUT2D eigenvalue weighted by atomic mass is 9.97. The number of ether oxygens (including phenoxy) is 1. The Balaban J connectivity index is 2.41. The lowest BCUT2D eigenvalue weighted by Gasteiger charge is -2.16. The van der Waals surface area contributed by atoms with E-state index in [4.69, 9.17) is 9.84 Å². The highest BCUT2D eigenvalue weighted by molar-refractivity contribution is 5.72. The minimum Gasteiger partial charge on any atom is -0.461 e. The highest BCUT2D eigenvalue weighted by Crippen LogP contribution is 2.13. The average Bonchev–Trinajstić information content (AvgIpc) is 2.35. The number of carbonyl (C=O) groups excluding carboxylic acids is 1. The molecule has 0 aliphatic rings. The van der Waals surface area contributed by atoms with Crippen LogP contribution in [0.25, 0.3) is 0 Å². The van der Waals surface area contributed by atoms with Crippen molar-refractivity contribution < 1.29 is 14.6 Å². The van der Waals surface area contributed by atoms with E-state index in [0.29, 0.717) is 6.61 Å². The average molecular weight is 222 g/mol. The Morgan fingerprint density at radius 1 is 1.31 bits per heavy atom. The van der Waals surface area contributed by atoms with Crippen LogP contribution in [0.1, 0.15) is 19.4 Å². The number of esters is 1. The molecule has 1 N–H and O–H groups in total. The molecule has 16 heavy (non-hydrogen) atoms. The third kappa shape index (κ3) is 3.66. The second kappa shape index (κ2) is 6.28. The molecule has 3 nitrogen and oxygen atoms in total. The molecular weight excluding hydrogens is 204 g/mol. The third-order valence-electron chi connectivity index (χ3n) is 2.74. The van der Waals surface area contributed by atoms with Crippen LogP contribution >= 0.6 is 0 Å². The lowest BCUT2D eigenvalue weighted by Crippen LogP contribution is -2.23. The topological polar surface area (TPSA) is 46.5 Å². The number of rotatable bonds is 5. The van der Waals surface area contributed by atoms with E-state index in [-0.39, 0.29) is 24.4 Å². The minimum atomic E-state index is -0.270. The molecule has 2 atom stereocenters. The van der Waals surface area contributed by atoms with E-state index in [0.717, 1.165) is 5.56 Å². The van der Waals surface area contributed by atoms with E-state index in [1.54, 1.807) is 6.92 Å².